The van der Waals surface area contributed by atoms with Crippen LogP contribution >= 0.6 is 15.9 Å². The van der Waals surface area contributed by atoms with Gasteiger partial charge in [-0.05, 0) is 62.6 Å². The Morgan fingerprint density at radius 3 is 2.61 bits per heavy atom. The van der Waals surface area contributed by atoms with Crippen LogP contribution in [-0.2, 0) is 6.42 Å². The minimum absolute atomic E-state index is 0.0681. The predicted octanol–water partition coefficient (Wildman–Crippen LogP) is 6.08. The van der Waals surface area contributed by atoms with E-state index in [1.54, 1.807) is 12.3 Å². The summed E-state index contributed by atoms with van der Waals surface area (Å²) in [6, 6.07) is 9.38. The molecule has 3 aromatic rings. The maximum atomic E-state index is 13.4. The van der Waals surface area contributed by atoms with Gasteiger partial charge in [0, 0.05) is 16.0 Å². The van der Waals surface area contributed by atoms with Crippen molar-refractivity contribution in [3.8, 4) is 11.5 Å². The van der Waals surface area contributed by atoms with Crippen molar-refractivity contribution < 1.29 is 9.47 Å². The Balaban J connectivity index is 2.17. The highest BCUT2D eigenvalue weighted by molar-refractivity contribution is 9.10. The molecule has 0 amide bonds. The summed E-state index contributed by atoms with van der Waals surface area (Å²) in [6.07, 6.45) is 4.96. The first-order valence-electron chi connectivity index (χ1n) is 11.2. The van der Waals surface area contributed by atoms with Crippen molar-refractivity contribution in [3.63, 3.8) is 0 Å². The lowest BCUT2D eigenvalue weighted by Gasteiger charge is -2.16. The van der Waals surface area contributed by atoms with Crippen LogP contribution in [0.3, 0.4) is 0 Å². The number of ether oxygens (including phenoxy) is 2. The number of rotatable bonds is 10. The highest BCUT2D eigenvalue weighted by atomic mass is 79.9. The summed E-state index contributed by atoms with van der Waals surface area (Å²) >= 11 is 3.44. The van der Waals surface area contributed by atoms with E-state index in [4.69, 9.17) is 14.5 Å². The van der Waals surface area contributed by atoms with Crippen LogP contribution in [0.1, 0.15) is 57.0 Å². The zero-order chi connectivity index (χ0) is 24.0. The summed E-state index contributed by atoms with van der Waals surface area (Å²) in [5.74, 6) is 2.07. The van der Waals surface area contributed by atoms with Crippen LogP contribution in [0.4, 0.5) is 0 Å². The largest absolute Gasteiger partial charge is 0.490 e. The molecule has 1 aromatic heterocycles. The van der Waals surface area contributed by atoms with E-state index in [1.165, 1.54) is 4.68 Å². The number of allylic oxidation sites excluding steroid dienone is 1. The third-order valence-electron chi connectivity index (χ3n) is 5.32. The highest BCUT2D eigenvalue weighted by Gasteiger charge is 2.16. The third-order valence-corrected chi connectivity index (χ3v) is 5.81. The summed E-state index contributed by atoms with van der Waals surface area (Å²) in [7, 11) is 0. The Morgan fingerprint density at radius 1 is 1.18 bits per heavy atom. The molecular weight excluding hydrogens is 482 g/mol. The van der Waals surface area contributed by atoms with Crippen LogP contribution in [0, 0.1) is 0 Å². The van der Waals surface area contributed by atoms with E-state index in [-0.39, 0.29) is 11.5 Å². The number of nitrogens with zero attached hydrogens (tertiary/aromatic N) is 3. The average Bonchev–Trinajstić information content (AvgIpc) is 2.80. The fraction of sp³-hybridized carbons (Fsp3) is 0.346. The Hall–Kier alpha value is -2.93. The van der Waals surface area contributed by atoms with Gasteiger partial charge in [0.05, 0.1) is 30.3 Å². The molecule has 1 atom stereocenters. The molecule has 1 heterocycles. The average molecular weight is 512 g/mol. The summed E-state index contributed by atoms with van der Waals surface area (Å²) in [5, 5.41) is 5.10. The molecule has 0 saturated carbocycles. The van der Waals surface area contributed by atoms with Crippen LogP contribution in [0.15, 0.2) is 57.4 Å². The van der Waals surface area contributed by atoms with Gasteiger partial charge in [0.15, 0.2) is 11.5 Å². The molecule has 0 aliphatic rings. The van der Waals surface area contributed by atoms with E-state index in [0.29, 0.717) is 47.9 Å². The number of halogens is 1. The van der Waals surface area contributed by atoms with Crippen LogP contribution in [0.25, 0.3) is 10.9 Å². The molecule has 0 unspecified atom stereocenters. The van der Waals surface area contributed by atoms with E-state index < -0.39 is 0 Å². The number of hydrogen-bond acceptors (Lipinski definition) is 5. The molecule has 33 heavy (non-hydrogen) atoms. The standard InChI is InChI=1S/C26H30BrN3O3/c1-6-10-19-13-18(14-23(32-8-3)24(19)33-9-4)16-28-30-25(17(5)7-2)29-22-12-11-20(27)15-21(22)26(30)31/h6,11-17H,1,7-10H2,2-5H3/t17-/m1/s1. The highest BCUT2D eigenvalue weighted by Crippen LogP contribution is 2.33. The van der Waals surface area contributed by atoms with Crippen LogP contribution in [-0.4, -0.2) is 29.1 Å². The first kappa shape index (κ1) is 24.7. The SMILES string of the molecule is C=CCc1cc(C=Nn2c([C@H](C)CC)nc3ccc(Br)cc3c2=O)cc(OCC)c1OCC. The smallest absolute Gasteiger partial charge is 0.282 e. The fourth-order valence-electron chi connectivity index (χ4n) is 3.54. The van der Waals surface area contributed by atoms with Crippen LogP contribution < -0.4 is 15.0 Å². The number of hydrogen-bond donors (Lipinski definition) is 0. The Morgan fingerprint density at radius 2 is 1.94 bits per heavy atom. The molecule has 174 valence electrons. The number of fused-ring (bicyclic) bond motifs is 1. The molecule has 6 nitrogen and oxygen atoms in total. The lowest BCUT2D eigenvalue weighted by Crippen LogP contribution is -2.23. The van der Waals surface area contributed by atoms with Gasteiger partial charge in [0.25, 0.3) is 5.56 Å². The molecule has 0 saturated heterocycles. The van der Waals surface area contributed by atoms with Crippen LogP contribution in [0.5, 0.6) is 11.5 Å². The van der Waals surface area contributed by atoms with Gasteiger partial charge in [-0.15, -0.1) is 6.58 Å². The summed E-state index contributed by atoms with van der Waals surface area (Å²) < 4.78 is 13.9. The lowest BCUT2D eigenvalue weighted by molar-refractivity contribution is 0.285. The van der Waals surface area contributed by atoms with Crippen molar-refractivity contribution in [2.24, 2.45) is 5.10 Å². The number of aromatic nitrogens is 2. The maximum Gasteiger partial charge on any atom is 0.282 e. The third kappa shape index (κ3) is 5.53. The lowest BCUT2D eigenvalue weighted by atomic mass is 10.1. The van der Waals surface area contributed by atoms with Crippen molar-refractivity contribution in [2.45, 2.75) is 46.5 Å². The van der Waals surface area contributed by atoms with Gasteiger partial charge in [-0.2, -0.15) is 9.78 Å². The molecule has 7 heteroatoms. The molecule has 0 spiro atoms. The van der Waals surface area contributed by atoms with Crippen molar-refractivity contribution in [1.29, 1.82) is 0 Å². The number of benzene rings is 2. The summed E-state index contributed by atoms with van der Waals surface area (Å²) in [4.78, 5) is 18.1. The van der Waals surface area contributed by atoms with Crippen LogP contribution in [0.2, 0.25) is 0 Å². The topological polar surface area (TPSA) is 65.7 Å². The van der Waals surface area contributed by atoms with Gasteiger partial charge in [-0.3, -0.25) is 4.79 Å². The van der Waals surface area contributed by atoms with Crippen molar-refractivity contribution in [1.82, 2.24) is 9.66 Å². The second-order valence-corrected chi connectivity index (χ2v) is 8.58. The first-order chi connectivity index (χ1) is 15.9. The minimum Gasteiger partial charge on any atom is -0.490 e. The van der Waals surface area contributed by atoms with E-state index in [1.807, 2.05) is 51.1 Å². The van der Waals surface area contributed by atoms with Gasteiger partial charge in [-0.1, -0.05) is 35.9 Å². The van der Waals surface area contributed by atoms with Crippen molar-refractivity contribution in [3.05, 3.63) is 74.8 Å². The van der Waals surface area contributed by atoms with E-state index in [2.05, 4.69) is 34.5 Å². The van der Waals surface area contributed by atoms with Crippen molar-refractivity contribution >= 4 is 33.0 Å². The van der Waals surface area contributed by atoms with Crippen molar-refractivity contribution in [2.75, 3.05) is 13.2 Å². The Bertz CT molecular complexity index is 1230. The van der Waals surface area contributed by atoms with Gasteiger partial charge >= 0.3 is 0 Å². The normalized spacial score (nSPS) is 12.3. The molecule has 0 bridgehead atoms. The Labute approximate surface area is 203 Å². The van der Waals surface area contributed by atoms with E-state index in [0.717, 1.165) is 22.0 Å². The maximum absolute atomic E-state index is 13.4. The summed E-state index contributed by atoms with van der Waals surface area (Å²) in [5.41, 5.74) is 2.22. The zero-order valence-corrected chi connectivity index (χ0v) is 21.2. The molecule has 3 rings (SSSR count). The minimum atomic E-state index is -0.199. The first-order valence-corrected chi connectivity index (χ1v) is 12.0. The fourth-order valence-corrected chi connectivity index (χ4v) is 3.90. The van der Waals surface area contributed by atoms with E-state index in [9.17, 15) is 4.79 Å². The van der Waals surface area contributed by atoms with Gasteiger partial charge in [0.2, 0.25) is 0 Å². The van der Waals surface area contributed by atoms with Gasteiger partial charge in [0.1, 0.15) is 5.82 Å². The molecule has 0 radical (unpaired) electrons. The zero-order valence-electron chi connectivity index (χ0n) is 19.6. The van der Waals surface area contributed by atoms with Gasteiger partial charge < -0.3 is 9.47 Å². The van der Waals surface area contributed by atoms with E-state index >= 15 is 0 Å². The Kier molecular flexibility index (Phi) is 8.44. The predicted molar refractivity (Wildman–Crippen MR) is 138 cm³/mol. The molecule has 0 aliphatic carbocycles. The molecule has 0 fully saturated rings. The molecule has 2 aromatic carbocycles. The molecule has 0 N–H and O–H groups in total. The monoisotopic (exact) mass is 511 g/mol. The second-order valence-electron chi connectivity index (χ2n) is 7.67. The quantitative estimate of drug-likeness (QED) is 0.244. The summed E-state index contributed by atoms with van der Waals surface area (Å²) in [6.45, 7) is 12.9. The molecule has 0 aliphatic heterocycles. The second kappa shape index (κ2) is 11.3. The molecular formula is C26H30BrN3O3. The van der Waals surface area contributed by atoms with Gasteiger partial charge in [-0.25, -0.2) is 4.98 Å².